The monoisotopic (exact) mass is 252 g/mol. The zero-order valence-corrected chi connectivity index (χ0v) is 12.6. The molecule has 2 rings (SSSR count). The minimum atomic E-state index is 0.762. The van der Waals surface area contributed by atoms with Crippen LogP contribution in [0.3, 0.4) is 0 Å². The van der Waals surface area contributed by atoms with Crippen molar-refractivity contribution in [1.29, 1.82) is 0 Å². The van der Waals surface area contributed by atoms with Crippen molar-refractivity contribution in [3.63, 3.8) is 0 Å². The Kier molecular flexibility index (Phi) is 5.50. The molecule has 1 aliphatic carbocycles. The van der Waals surface area contributed by atoms with E-state index in [0.717, 1.165) is 23.9 Å². The van der Waals surface area contributed by atoms with Crippen molar-refractivity contribution in [3.05, 3.63) is 0 Å². The number of hydrogen-bond acceptors (Lipinski definition) is 2. The summed E-state index contributed by atoms with van der Waals surface area (Å²) >= 11 is 0. The van der Waals surface area contributed by atoms with Crippen LogP contribution in [-0.2, 0) is 0 Å². The van der Waals surface area contributed by atoms with E-state index in [4.69, 9.17) is 0 Å². The summed E-state index contributed by atoms with van der Waals surface area (Å²) in [6.07, 6.45) is 9.94. The van der Waals surface area contributed by atoms with E-state index in [1.165, 1.54) is 58.0 Å². The minimum Gasteiger partial charge on any atom is -0.317 e. The van der Waals surface area contributed by atoms with Gasteiger partial charge in [0.25, 0.3) is 0 Å². The summed E-state index contributed by atoms with van der Waals surface area (Å²) in [5, 5.41) is 3.52. The van der Waals surface area contributed by atoms with Gasteiger partial charge >= 0.3 is 0 Å². The summed E-state index contributed by atoms with van der Waals surface area (Å²) in [6.45, 7) is 7.37. The van der Waals surface area contributed by atoms with Gasteiger partial charge in [-0.15, -0.1) is 0 Å². The van der Waals surface area contributed by atoms with Crippen LogP contribution in [0, 0.1) is 11.8 Å². The molecule has 1 saturated heterocycles. The van der Waals surface area contributed by atoms with Crippen molar-refractivity contribution < 1.29 is 0 Å². The van der Waals surface area contributed by atoms with Crippen molar-refractivity contribution in [1.82, 2.24) is 10.2 Å². The molecular weight excluding hydrogens is 220 g/mol. The molecule has 2 atom stereocenters. The van der Waals surface area contributed by atoms with Crippen LogP contribution in [-0.4, -0.2) is 37.1 Å². The molecule has 1 saturated carbocycles. The van der Waals surface area contributed by atoms with Crippen molar-refractivity contribution in [2.24, 2.45) is 11.8 Å². The molecular formula is C16H32N2. The van der Waals surface area contributed by atoms with Crippen molar-refractivity contribution in [2.45, 2.75) is 70.9 Å². The first kappa shape index (κ1) is 14.3. The lowest BCUT2D eigenvalue weighted by molar-refractivity contribution is 0.0686. The minimum absolute atomic E-state index is 0.762. The first-order valence-corrected chi connectivity index (χ1v) is 8.19. The highest BCUT2D eigenvalue weighted by atomic mass is 15.2. The van der Waals surface area contributed by atoms with Crippen LogP contribution in [0.5, 0.6) is 0 Å². The highest BCUT2D eigenvalue weighted by Crippen LogP contribution is 2.32. The molecule has 1 aliphatic heterocycles. The Balaban J connectivity index is 1.83. The molecule has 1 N–H and O–H groups in total. The molecule has 0 aromatic rings. The van der Waals surface area contributed by atoms with Gasteiger partial charge in [-0.25, -0.2) is 0 Å². The van der Waals surface area contributed by atoms with Gasteiger partial charge in [-0.05, 0) is 57.5 Å². The maximum absolute atomic E-state index is 3.52. The van der Waals surface area contributed by atoms with Gasteiger partial charge in [0.1, 0.15) is 0 Å². The summed E-state index contributed by atoms with van der Waals surface area (Å²) in [7, 11) is 2.13. The standard InChI is InChI=1S/C16H32N2/c1-4-13-6-8-15(9-7-13)18-11-10-16(17-3)14(5-2)12-18/h13-17H,4-12H2,1-3H3. The highest BCUT2D eigenvalue weighted by molar-refractivity contribution is 4.88. The van der Waals surface area contributed by atoms with Crippen LogP contribution in [0.1, 0.15) is 58.8 Å². The molecule has 2 fully saturated rings. The van der Waals surface area contributed by atoms with Gasteiger partial charge in [-0.1, -0.05) is 26.7 Å². The van der Waals surface area contributed by atoms with Crippen molar-refractivity contribution in [2.75, 3.05) is 20.1 Å². The van der Waals surface area contributed by atoms with E-state index in [-0.39, 0.29) is 0 Å². The van der Waals surface area contributed by atoms with Gasteiger partial charge in [0.05, 0.1) is 0 Å². The van der Waals surface area contributed by atoms with E-state index in [2.05, 4.69) is 31.1 Å². The van der Waals surface area contributed by atoms with Gasteiger partial charge < -0.3 is 5.32 Å². The van der Waals surface area contributed by atoms with Gasteiger partial charge in [-0.3, -0.25) is 4.90 Å². The molecule has 0 spiro atoms. The van der Waals surface area contributed by atoms with Crippen LogP contribution in [0.2, 0.25) is 0 Å². The Bertz CT molecular complexity index is 233. The first-order chi connectivity index (χ1) is 8.78. The molecule has 0 bridgehead atoms. The van der Waals surface area contributed by atoms with Crippen LogP contribution in [0.15, 0.2) is 0 Å². The Hall–Kier alpha value is -0.0800. The zero-order valence-electron chi connectivity index (χ0n) is 12.6. The summed E-state index contributed by atoms with van der Waals surface area (Å²) in [5.74, 6) is 1.89. The largest absolute Gasteiger partial charge is 0.317 e. The fourth-order valence-corrected chi connectivity index (χ4v) is 4.10. The summed E-state index contributed by atoms with van der Waals surface area (Å²) in [5.41, 5.74) is 0. The molecule has 0 aromatic heterocycles. The summed E-state index contributed by atoms with van der Waals surface area (Å²) in [6, 6.07) is 1.66. The van der Waals surface area contributed by atoms with Gasteiger partial charge in [0, 0.05) is 18.6 Å². The lowest BCUT2D eigenvalue weighted by Gasteiger charge is -2.44. The lowest BCUT2D eigenvalue weighted by atomic mass is 9.82. The molecule has 2 unspecified atom stereocenters. The van der Waals surface area contributed by atoms with E-state index >= 15 is 0 Å². The fourth-order valence-electron chi connectivity index (χ4n) is 4.10. The first-order valence-electron chi connectivity index (χ1n) is 8.19. The molecule has 0 amide bonds. The second kappa shape index (κ2) is 6.91. The number of rotatable bonds is 4. The van der Waals surface area contributed by atoms with E-state index in [1.54, 1.807) is 0 Å². The molecule has 2 heteroatoms. The number of nitrogens with one attached hydrogen (secondary N) is 1. The number of likely N-dealkylation sites (tertiary alicyclic amines) is 1. The second-order valence-corrected chi connectivity index (χ2v) is 6.43. The fraction of sp³-hybridized carbons (Fsp3) is 1.00. The van der Waals surface area contributed by atoms with Crippen molar-refractivity contribution in [3.8, 4) is 0 Å². The quantitative estimate of drug-likeness (QED) is 0.826. The van der Waals surface area contributed by atoms with Crippen LogP contribution in [0.25, 0.3) is 0 Å². The average Bonchev–Trinajstić information content (AvgIpc) is 2.46. The number of hydrogen-bond donors (Lipinski definition) is 1. The normalized spacial score (nSPS) is 38.8. The van der Waals surface area contributed by atoms with Crippen molar-refractivity contribution >= 4 is 0 Å². The number of piperidine rings is 1. The maximum atomic E-state index is 3.52. The highest BCUT2D eigenvalue weighted by Gasteiger charge is 2.32. The Morgan fingerprint density at radius 2 is 1.72 bits per heavy atom. The third-order valence-corrected chi connectivity index (χ3v) is 5.57. The van der Waals surface area contributed by atoms with Crippen LogP contribution >= 0.6 is 0 Å². The smallest absolute Gasteiger partial charge is 0.0117 e. The molecule has 1 heterocycles. The van der Waals surface area contributed by atoms with Gasteiger partial charge in [0.2, 0.25) is 0 Å². The van der Waals surface area contributed by atoms with Crippen LogP contribution in [0.4, 0.5) is 0 Å². The SMILES string of the molecule is CCC1CCC(N2CCC(NC)C(CC)C2)CC1. The van der Waals surface area contributed by atoms with Gasteiger partial charge in [0.15, 0.2) is 0 Å². The Morgan fingerprint density at radius 3 is 2.28 bits per heavy atom. The third-order valence-electron chi connectivity index (χ3n) is 5.57. The van der Waals surface area contributed by atoms with E-state index in [9.17, 15) is 0 Å². The topological polar surface area (TPSA) is 15.3 Å². The molecule has 0 radical (unpaired) electrons. The van der Waals surface area contributed by atoms with E-state index < -0.39 is 0 Å². The summed E-state index contributed by atoms with van der Waals surface area (Å²) in [4.78, 5) is 2.81. The molecule has 18 heavy (non-hydrogen) atoms. The average molecular weight is 252 g/mol. The summed E-state index contributed by atoms with van der Waals surface area (Å²) < 4.78 is 0. The van der Waals surface area contributed by atoms with Gasteiger partial charge in [-0.2, -0.15) is 0 Å². The third kappa shape index (κ3) is 3.27. The predicted molar refractivity (Wildman–Crippen MR) is 78.9 cm³/mol. The molecule has 2 nitrogen and oxygen atoms in total. The number of nitrogens with zero attached hydrogens (tertiary/aromatic N) is 1. The molecule has 106 valence electrons. The predicted octanol–water partition coefficient (Wildman–Crippen LogP) is 3.28. The second-order valence-electron chi connectivity index (χ2n) is 6.43. The van der Waals surface area contributed by atoms with Crippen LogP contribution < -0.4 is 5.32 Å². The van der Waals surface area contributed by atoms with E-state index in [0.29, 0.717) is 0 Å². The zero-order chi connectivity index (χ0) is 13.0. The molecule has 2 aliphatic rings. The Labute approximate surface area is 114 Å². The Morgan fingerprint density at radius 1 is 1.00 bits per heavy atom. The lowest BCUT2D eigenvalue weighted by Crippen LogP contribution is -2.52. The van der Waals surface area contributed by atoms with E-state index in [1.807, 2.05) is 0 Å². The molecule has 0 aromatic carbocycles. The maximum Gasteiger partial charge on any atom is 0.0117 e.